The van der Waals surface area contributed by atoms with E-state index in [0.29, 0.717) is 12.1 Å². The monoisotopic (exact) mass is 308 g/mol. The Morgan fingerprint density at radius 1 is 1.43 bits per heavy atom. The number of likely N-dealkylation sites (tertiary alicyclic amines) is 1. The lowest BCUT2D eigenvalue weighted by Crippen LogP contribution is -2.42. The molecule has 2 rings (SSSR count). The number of nitrogens with one attached hydrogen (secondary N) is 1. The summed E-state index contributed by atoms with van der Waals surface area (Å²) in [7, 11) is -3.62. The summed E-state index contributed by atoms with van der Waals surface area (Å²) in [6.07, 6.45) is 2.00. The normalized spacial score (nSPS) is 20.1. The fourth-order valence-corrected chi connectivity index (χ4v) is 3.17. The van der Waals surface area contributed by atoms with Gasteiger partial charge in [-0.25, -0.2) is 9.86 Å². The van der Waals surface area contributed by atoms with Gasteiger partial charge in [-0.1, -0.05) is 18.2 Å². The lowest BCUT2D eigenvalue weighted by atomic mass is 9.97. The second-order valence-corrected chi connectivity index (χ2v) is 6.78. The van der Waals surface area contributed by atoms with Crippen molar-refractivity contribution in [2.45, 2.75) is 19.4 Å². The summed E-state index contributed by atoms with van der Waals surface area (Å²) in [5.74, 6) is 0.256. The topological polar surface area (TPSA) is 99.2 Å². The van der Waals surface area contributed by atoms with Crippen LogP contribution >= 0.6 is 0 Å². The summed E-state index contributed by atoms with van der Waals surface area (Å²) in [5, 5.41) is 14.1. The van der Waals surface area contributed by atoms with Crippen LogP contribution in [-0.2, 0) is 16.8 Å². The van der Waals surface area contributed by atoms with Crippen LogP contribution in [0.25, 0.3) is 0 Å². The van der Waals surface area contributed by atoms with Crippen LogP contribution in [0.15, 0.2) is 24.3 Å². The minimum Gasteiger partial charge on any atom is -0.299 e. The van der Waals surface area contributed by atoms with Crippen LogP contribution in [0.4, 0.5) is 0 Å². The van der Waals surface area contributed by atoms with Gasteiger partial charge in [-0.05, 0) is 36.9 Å². The first-order valence-corrected chi connectivity index (χ1v) is 8.50. The van der Waals surface area contributed by atoms with Crippen molar-refractivity contribution < 1.29 is 8.42 Å². The van der Waals surface area contributed by atoms with Crippen molar-refractivity contribution in [1.82, 2.24) is 9.62 Å². The Hall–Kier alpha value is -1.46. The number of piperidine rings is 1. The van der Waals surface area contributed by atoms with Crippen molar-refractivity contribution in [2.24, 2.45) is 11.1 Å². The number of rotatable bonds is 5. The van der Waals surface area contributed by atoms with Gasteiger partial charge in [0.1, 0.15) is 0 Å². The molecule has 1 atom stereocenters. The van der Waals surface area contributed by atoms with E-state index >= 15 is 0 Å². The van der Waals surface area contributed by atoms with E-state index in [1.54, 1.807) is 0 Å². The van der Waals surface area contributed by atoms with Crippen LogP contribution in [0.1, 0.15) is 24.0 Å². The Kier molecular flexibility index (Phi) is 5.31. The van der Waals surface area contributed by atoms with Gasteiger partial charge in [0.25, 0.3) is 10.2 Å². The number of nitrogens with zero attached hydrogens (tertiary/aromatic N) is 2. The lowest BCUT2D eigenvalue weighted by Gasteiger charge is -2.32. The molecule has 6 nitrogen and oxygen atoms in total. The third kappa shape index (κ3) is 5.10. The highest BCUT2D eigenvalue weighted by molar-refractivity contribution is 7.87. The predicted octanol–water partition coefficient (Wildman–Crippen LogP) is 0.563. The summed E-state index contributed by atoms with van der Waals surface area (Å²) in [6, 6.07) is 9.78. The van der Waals surface area contributed by atoms with Crippen molar-refractivity contribution in [2.75, 3.05) is 19.6 Å². The van der Waals surface area contributed by atoms with Crippen molar-refractivity contribution in [3.63, 3.8) is 0 Å². The molecule has 1 aromatic rings. The molecular formula is C14H20N4O2S. The Morgan fingerprint density at radius 2 is 2.19 bits per heavy atom. The maximum atomic E-state index is 10.9. The standard InChI is InChI=1S/C14H20N4O2S/c15-8-13-5-1-2-6-14(13)11-18-7-3-4-12(10-18)9-17-21(16,19)20/h1-2,5-6,12,17H,3-4,7,9-11H2,(H2,16,19,20)/t12-/m0/s1. The van der Waals surface area contributed by atoms with Gasteiger partial charge in [-0.3, -0.25) is 4.90 Å². The molecule has 1 fully saturated rings. The quantitative estimate of drug-likeness (QED) is 0.830. The van der Waals surface area contributed by atoms with E-state index in [0.717, 1.165) is 38.0 Å². The Morgan fingerprint density at radius 3 is 2.90 bits per heavy atom. The third-order valence-corrected chi connectivity index (χ3v) is 4.28. The van der Waals surface area contributed by atoms with Gasteiger partial charge in [-0.15, -0.1) is 0 Å². The smallest absolute Gasteiger partial charge is 0.274 e. The molecule has 0 saturated carbocycles. The molecule has 1 aliphatic heterocycles. The molecule has 0 bridgehead atoms. The first-order valence-electron chi connectivity index (χ1n) is 6.95. The van der Waals surface area contributed by atoms with Crippen LogP contribution in [0, 0.1) is 17.2 Å². The van der Waals surface area contributed by atoms with E-state index in [-0.39, 0.29) is 5.92 Å². The minimum atomic E-state index is -3.62. The van der Waals surface area contributed by atoms with Crippen molar-refractivity contribution in [3.05, 3.63) is 35.4 Å². The number of benzene rings is 1. The van der Waals surface area contributed by atoms with Gasteiger partial charge in [0.05, 0.1) is 11.6 Å². The van der Waals surface area contributed by atoms with E-state index in [1.165, 1.54) is 0 Å². The Bertz CT molecular complexity index is 624. The molecule has 0 aliphatic carbocycles. The van der Waals surface area contributed by atoms with E-state index in [1.807, 2.05) is 24.3 Å². The van der Waals surface area contributed by atoms with Gasteiger partial charge in [0, 0.05) is 19.6 Å². The lowest BCUT2D eigenvalue weighted by molar-refractivity contribution is 0.169. The van der Waals surface area contributed by atoms with Gasteiger partial charge in [0.15, 0.2) is 0 Å². The summed E-state index contributed by atoms with van der Waals surface area (Å²) in [4.78, 5) is 2.26. The van der Waals surface area contributed by atoms with Crippen LogP contribution in [0.3, 0.4) is 0 Å². The van der Waals surface area contributed by atoms with Crippen molar-refractivity contribution in [1.29, 1.82) is 5.26 Å². The first-order chi connectivity index (χ1) is 9.98. The molecule has 1 aromatic carbocycles. The second kappa shape index (κ2) is 7.00. The molecule has 0 spiro atoms. The maximum Gasteiger partial charge on any atom is 0.274 e. The molecule has 0 amide bonds. The highest BCUT2D eigenvalue weighted by atomic mass is 32.2. The summed E-state index contributed by atoms with van der Waals surface area (Å²) >= 11 is 0. The molecule has 7 heteroatoms. The Balaban J connectivity index is 1.94. The molecule has 1 aliphatic rings. The zero-order valence-corrected chi connectivity index (χ0v) is 12.6. The van der Waals surface area contributed by atoms with Gasteiger partial charge >= 0.3 is 0 Å². The molecule has 1 heterocycles. The van der Waals surface area contributed by atoms with Crippen molar-refractivity contribution in [3.8, 4) is 6.07 Å². The summed E-state index contributed by atoms with van der Waals surface area (Å²) in [5.41, 5.74) is 1.71. The van der Waals surface area contributed by atoms with Gasteiger partial charge in [0.2, 0.25) is 0 Å². The number of hydrogen-bond donors (Lipinski definition) is 2. The summed E-state index contributed by atoms with van der Waals surface area (Å²) < 4.78 is 24.3. The molecule has 1 saturated heterocycles. The first kappa shape index (κ1) is 15.9. The third-order valence-electron chi connectivity index (χ3n) is 3.71. The van der Waals surface area contributed by atoms with Crippen LogP contribution < -0.4 is 9.86 Å². The zero-order chi connectivity index (χ0) is 15.3. The highest BCUT2D eigenvalue weighted by Gasteiger charge is 2.21. The van der Waals surface area contributed by atoms with Crippen LogP contribution in [0.5, 0.6) is 0 Å². The molecule has 114 valence electrons. The van der Waals surface area contributed by atoms with E-state index in [2.05, 4.69) is 15.7 Å². The minimum absolute atomic E-state index is 0.256. The second-order valence-electron chi connectivity index (χ2n) is 5.41. The number of nitriles is 1. The zero-order valence-electron chi connectivity index (χ0n) is 11.8. The highest BCUT2D eigenvalue weighted by Crippen LogP contribution is 2.19. The van der Waals surface area contributed by atoms with E-state index in [9.17, 15) is 8.42 Å². The molecule has 3 N–H and O–H groups in total. The number of nitrogens with two attached hydrogens (primary N) is 1. The molecular weight excluding hydrogens is 288 g/mol. The maximum absolute atomic E-state index is 10.9. The average Bonchev–Trinajstić information content (AvgIpc) is 2.45. The van der Waals surface area contributed by atoms with Gasteiger partial charge in [-0.2, -0.15) is 13.7 Å². The molecule has 0 aromatic heterocycles. The fraction of sp³-hybridized carbons (Fsp3) is 0.500. The summed E-state index contributed by atoms with van der Waals surface area (Å²) in [6.45, 7) is 2.86. The molecule has 21 heavy (non-hydrogen) atoms. The van der Waals surface area contributed by atoms with E-state index in [4.69, 9.17) is 10.4 Å². The molecule has 0 unspecified atom stereocenters. The van der Waals surface area contributed by atoms with Gasteiger partial charge < -0.3 is 0 Å². The molecule has 0 radical (unpaired) electrons. The largest absolute Gasteiger partial charge is 0.299 e. The number of hydrogen-bond acceptors (Lipinski definition) is 4. The average molecular weight is 308 g/mol. The fourth-order valence-electron chi connectivity index (χ4n) is 2.70. The van der Waals surface area contributed by atoms with Crippen LogP contribution in [-0.4, -0.2) is 33.0 Å². The van der Waals surface area contributed by atoms with Crippen molar-refractivity contribution >= 4 is 10.2 Å². The predicted molar refractivity (Wildman–Crippen MR) is 80.3 cm³/mol. The van der Waals surface area contributed by atoms with E-state index < -0.39 is 10.2 Å². The van der Waals surface area contributed by atoms with Crippen LogP contribution in [0.2, 0.25) is 0 Å². The SMILES string of the molecule is N#Cc1ccccc1CN1CCC[C@@H](CNS(N)(=O)=O)C1. The Labute approximate surface area is 125 Å².